The van der Waals surface area contributed by atoms with Crippen LogP contribution in [0.3, 0.4) is 0 Å². The molecule has 0 N–H and O–H groups in total. The van der Waals surface area contributed by atoms with Crippen LogP contribution in [-0.4, -0.2) is 37.2 Å². The van der Waals surface area contributed by atoms with E-state index in [2.05, 4.69) is 11.8 Å². The quantitative estimate of drug-likeness (QED) is 0.621. The molecule has 2 saturated heterocycles. The van der Waals surface area contributed by atoms with E-state index in [1.165, 1.54) is 32.4 Å². The van der Waals surface area contributed by atoms with Crippen molar-refractivity contribution in [2.24, 2.45) is 5.92 Å². The Morgan fingerprint density at radius 2 is 2.42 bits per heavy atom. The highest BCUT2D eigenvalue weighted by atomic mass is 16.5. The lowest BCUT2D eigenvalue weighted by atomic mass is 9.92. The first-order chi connectivity index (χ1) is 5.77. The fourth-order valence-corrected chi connectivity index (χ4v) is 3.09. The lowest BCUT2D eigenvalue weighted by Crippen LogP contribution is -2.42. The molecule has 2 fully saturated rings. The molecule has 70 valence electrons. The van der Waals surface area contributed by atoms with Gasteiger partial charge < -0.3 is 4.74 Å². The molecule has 0 aromatic carbocycles. The zero-order valence-electron chi connectivity index (χ0n) is 8.18. The smallest absolute Gasteiger partial charge is 0.0646 e. The Hall–Kier alpha value is -0.0800. The minimum atomic E-state index is 0.439. The van der Waals surface area contributed by atoms with E-state index in [9.17, 15) is 0 Å². The van der Waals surface area contributed by atoms with Gasteiger partial charge in [0.25, 0.3) is 0 Å². The lowest BCUT2D eigenvalue weighted by molar-refractivity contribution is 0.0653. The molecule has 0 aliphatic carbocycles. The van der Waals surface area contributed by atoms with Crippen molar-refractivity contribution in [1.82, 2.24) is 4.90 Å². The van der Waals surface area contributed by atoms with Crippen LogP contribution in [0.25, 0.3) is 0 Å². The van der Waals surface area contributed by atoms with Gasteiger partial charge in [0.2, 0.25) is 0 Å². The molecular weight excluding hydrogens is 150 g/mol. The molecule has 0 amide bonds. The maximum absolute atomic E-state index is 5.34. The third-order valence-corrected chi connectivity index (χ3v) is 3.41. The minimum absolute atomic E-state index is 0.439. The number of hydrogen-bond acceptors (Lipinski definition) is 2. The molecule has 2 rings (SSSR count). The van der Waals surface area contributed by atoms with Crippen LogP contribution >= 0.6 is 0 Å². The Morgan fingerprint density at radius 3 is 3.17 bits per heavy atom. The Labute approximate surface area is 74.9 Å². The molecule has 2 aliphatic rings. The molecule has 0 aromatic rings. The molecule has 12 heavy (non-hydrogen) atoms. The van der Waals surface area contributed by atoms with Crippen molar-refractivity contribution >= 4 is 0 Å². The van der Waals surface area contributed by atoms with E-state index in [-0.39, 0.29) is 0 Å². The molecule has 2 heterocycles. The van der Waals surface area contributed by atoms with Gasteiger partial charge in [-0.25, -0.2) is 0 Å². The van der Waals surface area contributed by atoms with Crippen molar-refractivity contribution < 1.29 is 4.74 Å². The van der Waals surface area contributed by atoms with Gasteiger partial charge in [-0.15, -0.1) is 0 Å². The molecule has 2 heteroatoms. The zero-order valence-corrected chi connectivity index (χ0v) is 8.18. The average Bonchev–Trinajstić information content (AvgIpc) is 2.44. The van der Waals surface area contributed by atoms with Crippen molar-refractivity contribution in [2.75, 3.05) is 26.8 Å². The molecule has 2 unspecified atom stereocenters. The predicted molar refractivity (Wildman–Crippen MR) is 49.2 cm³/mol. The molecule has 0 radical (unpaired) electrons. The summed E-state index contributed by atoms with van der Waals surface area (Å²) in [5.41, 5.74) is 0.439. The molecule has 2 aliphatic heterocycles. The first-order valence-corrected chi connectivity index (χ1v) is 5.01. The standard InChI is InChI=1S/C10H19NO/c1-9-6-10(8-12-2)4-3-5-11(10)7-9/h9H,3-8H2,1-2H3. The second kappa shape index (κ2) is 3.00. The summed E-state index contributed by atoms with van der Waals surface area (Å²) in [5.74, 6) is 0.875. The highest BCUT2D eigenvalue weighted by Gasteiger charge is 2.46. The Bertz CT molecular complexity index is 171. The summed E-state index contributed by atoms with van der Waals surface area (Å²) in [7, 11) is 1.83. The minimum Gasteiger partial charge on any atom is -0.383 e. The van der Waals surface area contributed by atoms with E-state index in [1.54, 1.807) is 0 Å². The maximum Gasteiger partial charge on any atom is 0.0646 e. The van der Waals surface area contributed by atoms with Crippen LogP contribution < -0.4 is 0 Å². The number of ether oxygens (including phenoxy) is 1. The van der Waals surface area contributed by atoms with E-state index >= 15 is 0 Å². The summed E-state index contributed by atoms with van der Waals surface area (Å²) >= 11 is 0. The summed E-state index contributed by atoms with van der Waals surface area (Å²) in [5, 5.41) is 0. The first-order valence-electron chi connectivity index (χ1n) is 5.01. The summed E-state index contributed by atoms with van der Waals surface area (Å²) in [6.07, 6.45) is 4.07. The van der Waals surface area contributed by atoms with Gasteiger partial charge in [0, 0.05) is 19.2 Å². The monoisotopic (exact) mass is 169 g/mol. The van der Waals surface area contributed by atoms with Gasteiger partial charge in [0.15, 0.2) is 0 Å². The molecule has 0 saturated carbocycles. The maximum atomic E-state index is 5.34. The number of rotatable bonds is 2. The van der Waals surface area contributed by atoms with Gasteiger partial charge >= 0.3 is 0 Å². The molecular formula is C10H19NO. The summed E-state index contributed by atoms with van der Waals surface area (Å²) in [4.78, 5) is 2.64. The average molecular weight is 169 g/mol. The van der Waals surface area contributed by atoms with Crippen LogP contribution in [0.1, 0.15) is 26.2 Å². The van der Waals surface area contributed by atoms with Crippen LogP contribution in [0.5, 0.6) is 0 Å². The van der Waals surface area contributed by atoms with Gasteiger partial charge in [-0.1, -0.05) is 6.92 Å². The van der Waals surface area contributed by atoms with Gasteiger partial charge in [-0.2, -0.15) is 0 Å². The highest BCUT2D eigenvalue weighted by molar-refractivity contribution is 5.02. The SMILES string of the molecule is COCC12CCCN1CC(C)C2. The third-order valence-electron chi connectivity index (χ3n) is 3.41. The number of hydrogen-bond donors (Lipinski definition) is 0. The lowest BCUT2D eigenvalue weighted by Gasteiger charge is -2.30. The number of nitrogens with zero attached hydrogens (tertiary/aromatic N) is 1. The molecule has 2 atom stereocenters. The largest absolute Gasteiger partial charge is 0.383 e. The summed E-state index contributed by atoms with van der Waals surface area (Å²) in [6.45, 7) is 5.89. The fraction of sp³-hybridized carbons (Fsp3) is 1.00. The summed E-state index contributed by atoms with van der Waals surface area (Å²) < 4.78 is 5.34. The Kier molecular flexibility index (Phi) is 2.13. The van der Waals surface area contributed by atoms with Crippen LogP contribution in [0.2, 0.25) is 0 Å². The second-order valence-corrected chi connectivity index (χ2v) is 4.52. The molecule has 2 nitrogen and oxygen atoms in total. The van der Waals surface area contributed by atoms with Crippen LogP contribution in [-0.2, 0) is 4.74 Å². The van der Waals surface area contributed by atoms with Crippen molar-refractivity contribution in [3.63, 3.8) is 0 Å². The molecule has 0 bridgehead atoms. The summed E-state index contributed by atoms with van der Waals surface area (Å²) in [6, 6.07) is 0. The first kappa shape index (κ1) is 8.52. The van der Waals surface area contributed by atoms with Gasteiger partial charge in [0.1, 0.15) is 0 Å². The number of methoxy groups -OCH3 is 1. The normalized spacial score (nSPS) is 42.0. The topological polar surface area (TPSA) is 12.5 Å². The zero-order chi connectivity index (χ0) is 8.60. The second-order valence-electron chi connectivity index (χ2n) is 4.52. The predicted octanol–water partition coefficient (Wildman–Crippen LogP) is 1.51. The van der Waals surface area contributed by atoms with Gasteiger partial charge in [0.05, 0.1) is 6.61 Å². The Balaban J connectivity index is 2.09. The molecule has 0 spiro atoms. The van der Waals surface area contributed by atoms with Gasteiger partial charge in [-0.05, 0) is 31.7 Å². The van der Waals surface area contributed by atoms with Crippen LogP contribution in [0, 0.1) is 5.92 Å². The fourth-order valence-electron chi connectivity index (χ4n) is 3.09. The highest BCUT2D eigenvalue weighted by Crippen LogP contribution is 2.41. The van der Waals surface area contributed by atoms with E-state index in [4.69, 9.17) is 4.74 Å². The van der Waals surface area contributed by atoms with Crippen molar-refractivity contribution in [3.8, 4) is 0 Å². The van der Waals surface area contributed by atoms with Gasteiger partial charge in [-0.3, -0.25) is 4.90 Å². The Morgan fingerprint density at radius 1 is 1.58 bits per heavy atom. The van der Waals surface area contributed by atoms with E-state index in [0.29, 0.717) is 5.54 Å². The van der Waals surface area contributed by atoms with Crippen molar-refractivity contribution in [1.29, 1.82) is 0 Å². The molecule has 0 aromatic heterocycles. The van der Waals surface area contributed by atoms with E-state index in [0.717, 1.165) is 12.5 Å². The third kappa shape index (κ3) is 1.17. The van der Waals surface area contributed by atoms with E-state index < -0.39 is 0 Å². The van der Waals surface area contributed by atoms with Crippen molar-refractivity contribution in [2.45, 2.75) is 31.7 Å². The van der Waals surface area contributed by atoms with Crippen LogP contribution in [0.15, 0.2) is 0 Å². The number of fused-ring (bicyclic) bond motifs is 1. The van der Waals surface area contributed by atoms with Crippen LogP contribution in [0.4, 0.5) is 0 Å². The van der Waals surface area contributed by atoms with E-state index in [1.807, 2.05) is 7.11 Å². The van der Waals surface area contributed by atoms with Crippen molar-refractivity contribution in [3.05, 3.63) is 0 Å².